The monoisotopic (exact) mass is 438 g/mol. The molecule has 0 unspecified atom stereocenters. The topological polar surface area (TPSA) is 238 Å². The Kier molecular flexibility index (Phi) is 13.4. The van der Waals surface area contributed by atoms with Gasteiger partial charge in [-0.15, -0.1) is 0 Å². The summed E-state index contributed by atoms with van der Waals surface area (Å²) in [5.41, 5.74) is -2.12. The fourth-order valence-corrected chi connectivity index (χ4v) is 2.40. The van der Waals surface area contributed by atoms with Crippen LogP contribution >= 0.6 is 0 Å². The van der Waals surface area contributed by atoms with Crippen molar-refractivity contribution in [1.29, 1.82) is 0 Å². The van der Waals surface area contributed by atoms with Crippen LogP contribution in [0.25, 0.3) is 0 Å². The Morgan fingerprint density at radius 3 is 1.50 bits per heavy atom. The molecule has 2 amide bonds. The van der Waals surface area contributed by atoms with Crippen LogP contribution in [0, 0.1) is 0 Å². The highest BCUT2D eigenvalue weighted by atomic mass is 16.4. The highest BCUT2D eigenvalue weighted by molar-refractivity contribution is 5.93. The van der Waals surface area contributed by atoms with E-state index in [4.69, 9.17) is 25.5 Å². The second-order valence-electron chi connectivity index (χ2n) is 6.50. The molecule has 14 heteroatoms. The molecule has 0 fully saturated rings. The maximum absolute atomic E-state index is 12.2. The normalized spacial score (nSPS) is 11.5. The summed E-state index contributed by atoms with van der Waals surface area (Å²) in [6.45, 7) is -2.86. The van der Waals surface area contributed by atoms with Crippen molar-refractivity contribution in [3.8, 4) is 0 Å². The van der Waals surface area contributed by atoms with Gasteiger partial charge in [0.25, 0.3) is 0 Å². The predicted molar refractivity (Wildman–Crippen MR) is 100 cm³/mol. The first kappa shape index (κ1) is 27.6. The molecule has 0 saturated carbocycles. The zero-order chi connectivity index (χ0) is 23.2. The van der Waals surface area contributed by atoms with Crippen molar-refractivity contribution < 1.29 is 49.8 Å². The van der Waals surface area contributed by atoms with E-state index in [1.165, 1.54) is 0 Å². The third-order valence-corrected chi connectivity index (χ3v) is 3.99. The molecular weight excluding hydrogens is 408 g/mol. The number of hydrogen-bond donors (Lipinski definition) is 10. The van der Waals surface area contributed by atoms with Gasteiger partial charge in [0, 0.05) is 13.1 Å². The lowest BCUT2D eigenvalue weighted by Gasteiger charge is -2.31. The van der Waals surface area contributed by atoms with E-state index in [1.807, 2.05) is 0 Å². The van der Waals surface area contributed by atoms with E-state index in [-0.39, 0.29) is 19.6 Å². The largest absolute Gasteiger partial charge is 0.480 e. The van der Waals surface area contributed by atoms with Gasteiger partial charge in [0.05, 0.1) is 57.9 Å². The van der Waals surface area contributed by atoms with Gasteiger partial charge in [-0.25, -0.2) is 0 Å². The van der Waals surface area contributed by atoms with Crippen molar-refractivity contribution in [3.05, 3.63) is 0 Å². The minimum absolute atomic E-state index is 0.0103. The summed E-state index contributed by atoms with van der Waals surface area (Å²) < 4.78 is 0. The number of amides is 2. The van der Waals surface area contributed by atoms with Crippen LogP contribution in [0.3, 0.4) is 0 Å². The number of aliphatic hydroxyl groups excluding tert-OH is 4. The Balaban J connectivity index is 5.36. The summed E-state index contributed by atoms with van der Waals surface area (Å²) in [5, 5.41) is 64.1. The number of carbonyl (C=O) groups excluding carboxylic acids is 2. The zero-order valence-corrected chi connectivity index (χ0v) is 16.3. The van der Waals surface area contributed by atoms with Crippen molar-refractivity contribution in [2.45, 2.75) is 30.5 Å². The average molecular weight is 438 g/mol. The first-order valence-electron chi connectivity index (χ1n) is 9.07. The summed E-state index contributed by atoms with van der Waals surface area (Å²) >= 11 is 0. The Labute approximate surface area is 172 Å². The molecule has 0 radical (unpaired) electrons. The lowest BCUT2D eigenvalue weighted by atomic mass is 9.89. The number of hydrogen-bond acceptors (Lipinski definition) is 10. The van der Waals surface area contributed by atoms with Crippen molar-refractivity contribution in [3.63, 3.8) is 0 Å². The molecule has 0 bridgehead atoms. The van der Waals surface area contributed by atoms with E-state index in [9.17, 15) is 24.3 Å². The van der Waals surface area contributed by atoms with Crippen molar-refractivity contribution in [2.75, 3.05) is 46.1 Å². The van der Waals surface area contributed by atoms with Crippen molar-refractivity contribution in [2.24, 2.45) is 0 Å². The molecule has 0 aliphatic rings. The summed E-state index contributed by atoms with van der Waals surface area (Å²) in [6, 6.07) is -2.05. The Morgan fingerprint density at radius 1 is 0.733 bits per heavy atom. The van der Waals surface area contributed by atoms with Crippen LogP contribution in [0.1, 0.15) is 12.8 Å². The number of aliphatic carboxylic acids is 2. The number of carboxylic acid groups (broad SMARTS) is 2. The fourth-order valence-electron chi connectivity index (χ4n) is 2.40. The van der Waals surface area contributed by atoms with E-state index in [2.05, 4.69) is 21.3 Å². The van der Waals surface area contributed by atoms with E-state index in [0.29, 0.717) is 0 Å². The Bertz CT molecular complexity index is 538. The van der Waals surface area contributed by atoms with Crippen molar-refractivity contribution >= 4 is 23.8 Å². The van der Waals surface area contributed by atoms with Gasteiger partial charge in [-0.2, -0.15) is 0 Å². The van der Waals surface area contributed by atoms with Crippen LogP contribution in [-0.2, 0) is 19.2 Å². The summed E-state index contributed by atoms with van der Waals surface area (Å²) in [6.07, 6.45) is -1.51. The highest BCUT2D eigenvalue weighted by Gasteiger charge is 2.42. The minimum Gasteiger partial charge on any atom is -0.480 e. The molecule has 174 valence electrons. The smallest absolute Gasteiger partial charge is 0.324 e. The molecule has 14 nitrogen and oxygen atoms in total. The molecule has 0 spiro atoms. The van der Waals surface area contributed by atoms with E-state index in [0.717, 1.165) is 0 Å². The van der Waals surface area contributed by atoms with Crippen molar-refractivity contribution in [1.82, 2.24) is 21.3 Å². The van der Waals surface area contributed by atoms with Gasteiger partial charge in [-0.05, 0) is 0 Å². The molecule has 0 aromatic heterocycles. The maximum Gasteiger partial charge on any atom is 0.324 e. The minimum atomic E-state index is -2.12. The highest BCUT2D eigenvalue weighted by Crippen LogP contribution is 2.17. The predicted octanol–water partition coefficient (Wildman–Crippen LogP) is -5.21. The van der Waals surface area contributed by atoms with Crippen LogP contribution in [-0.4, -0.2) is 118 Å². The lowest BCUT2D eigenvalue weighted by molar-refractivity contribution is -0.150. The van der Waals surface area contributed by atoms with Gasteiger partial charge in [-0.3, -0.25) is 24.5 Å². The molecule has 0 rings (SSSR count). The standard InChI is InChI=1S/C16H30N4O10/c21-6-10(7-22)19-12(25)3-16(15(29)30,18-2-1-17-5-14(27)28)4-13(26)20-11(8-23)9-24/h10-11,17-18,21-24H,1-9H2,(H,19,25)(H,20,26)(H,27,28)(H,29,30). The number of carbonyl (C=O) groups is 4. The van der Waals surface area contributed by atoms with E-state index < -0.39 is 80.6 Å². The molecule has 0 aliphatic carbocycles. The van der Waals surface area contributed by atoms with Crippen LogP contribution < -0.4 is 21.3 Å². The van der Waals surface area contributed by atoms with E-state index >= 15 is 0 Å². The zero-order valence-electron chi connectivity index (χ0n) is 16.3. The van der Waals surface area contributed by atoms with E-state index in [1.54, 1.807) is 0 Å². The SMILES string of the molecule is O=C(O)CNCCNC(CC(=O)NC(CO)CO)(CC(=O)NC(CO)CO)C(=O)O. The third-order valence-electron chi connectivity index (χ3n) is 3.99. The fraction of sp³-hybridized carbons (Fsp3) is 0.750. The molecule has 30 heavy (non-hydrogen) atoms. The molecule has 0 heterocycles. The van der Waals surface area contributed by atoms with Gasteiger partial charge in [0.2, 0.25) is 11.8 Å². The van der Waals surface area contributed by atoms with Crippen LogP contribution in [0.2, 0.25) is 0 Å². The Hall–Kier alpha value is -2.36. The van der Waals surface area contributed by atoms with Gasteiger partial charge < -0.3 is 46.6 Å². The molecule has 0 atom stereocenters. The summed E-state index contributed by atoms with van der Waals surface area (Å²) in [7, 11) is 0. The molecule has 0 aromatic rings. The first-order chi connectivity index (χ1) is 14.1. The molecule has 0 aromatic carbocycles. The molecular formula is C16H30N4O10. The van der Waals surface area contributed by atoms with Gasteiger partial charge in [0.1, 0.15) is 5.54 Å². The summed E-state index contributed by atoms with van der Waals surface area (Å²) in [4.78, 5) is 47.0. The second-order valence-corrected chi connectivity index (χ2v) is 6.50. The van der Waals surface area contributed by atoms with Gasteiger partial charge in [-0.1, -0.05) is 0 Å². The quantitative estimate of drug-likeness (QED) is 0.0959. The number of aliphatic hydroxyl groups is 4. The number of rotatable bonds is 17. The van der Waals surface area contributed by atoms with Crippen LogP contribution in [0.4, 0.5) is 0 Å². The number of carboxylic acids is 2. The second kappa shape index (κ2) is 14.6. The van der Waals surface area contributed by atoms with Gasteiger partial charge in [0.15, 0.2) is 0 Å². The first-order valence-corrected chi connectivity index (χ1v) is 9.07. The third kappa shape index (κ3) is 10.4. The molecule has 10 N–H and O–H groups in total. The number of nitrogens with one attached hydrogen (secondary N) is 4. The summed E-state index contributed by atoms with van der Waals surface area (Å²) in [5.74, 6) is -4.42. The molecule has 0 saturated heterocycles. The van der Waals surface area contributed by atoms with Crippen LogP contribution in [0.15, 0.2) is 0 Å². The van der Waals surface area contributed by atoms with Gasteiger partial charge >= 0.3 is 11.9 Å². The van der Waals surface area contributed by atoms with Crippen LogP contribution in [0.5, 0.6) is 0 Å². The average Bonchev–Trinajstić information content (AvgIpc) is 2.69. The Morgan fingerprint density at radius 2 is 1.17 bits per heavy atom. The lowest BCUT2D eigenvalue weighted by Crippen LogP contribution is -2.59. The maximum atomic E-state index is 12.2. The molecule has 0 aliphatic heterocycles.